The van der Waals surface area contributed by atoms with Crippen molar-refractivity contribution in [1.82, 2.24) is 15.7 Å². The molecule has 1 unspecified atom stereocenters. The fraction of sp³-hybridized carbons (Fsp3) is 0.292. The molecule has 5 N–H and O–H groups in total. The summed E-state index contributed by atoms with van der Waals surface area (Å²) in [5, 5.41) is 30.1. The number of likely N-dealkylation sites (N-methyl/N-ethyl adjacent to an activating group) is 2. The van der Waals surface area contributed by atoms with Gasteiger partial charge in [0.05, 0.1) is 6.10 Å². The number of carbonyl (C=O) groups is 3. The van der Waals surface area contributed by atoms with Crippen molar-refractivity contribution in [2.75, 3.05) is 20.7 Å². The molecule has 33 heavy (non-hydrogen) atoms. The topological polar surface area (TPSA) is 139 Å². The van der Waals surface area contributed by atoms with Gasteiger partial charge in [0.2, 0.25) is 0 Å². The lowest BCUT2D eigenvalue weighted by atomic mass is 9.96. The van der Waals surface area contributed by atoms with E-state index in [9.17, 15) is 19.5 Å². The monoisotopic (exact) mass is 453 g/mol. The molecule has 0 aliphatic carbocycles. The van der Waals surface area contributed by atoms with Crippen molar-refractivity contribution in [3.63, 3.8) is 0 Å². The van der Waals surface area contributed by atoms with Crippen molar-refractivity contribution in [2.45, 2.75) is 25.0 Å². The van der Waals surface area contributed by atoms with Gasteiger partial charge >= 0.3 is 0 Å². The number of hydrogen-bond acceptors (Lipinski definition) is 6. The number of benzene rings is 2. The van der Waals surface area contributed by atoms with Crippen molar-refractivity contribution in [3.05, 3.63) is 70.8 Å². The SMILES string of the molecule is CNC(=O)C(C)(C(=O)NO)N(C)C(=O)c1ccc(C#Cc2ccc([C@H](O)CCO)cc2)cc1. The Morgan fingerprint density at radius 3 is 1.97 bits per heavy atom. The quantitative estimate of drug-likeness (QED) is 0.180. The number of nitrogens with one attached hydrogen (secondary N) is 2. The second kappa shape index (κ2) is 11.2. The molecule has 0 aromatic heterocycles. The summed E-state index contributed by atoms with van der Waals surface area (Å²) in [5.74, 6) is 3.56. The summed E-state index contributed by atoms with van der Waals surface area (Å²) in [6, 6.07) is 13.3. The summed E-state index contributed by atoms with van der Waals surface area (Å²) in [5.41, 5.74) is 1.76. The van der Waals surface area contributed by atoms with Crippen LogP contribution in [0.15, 0.2) is 48.5 Å². The minimum atomic E-state index is -1.96. The predicted molar refractivity (Wildman–Crippen MR) is 120 cm³/mol. The molecule has 2 atom stereocenters. The Bertz CT molecular complexity index is 1040. The Labute approximate surface area is 192 Å². The van der Waals surface area contributed by atoms with Gasteiger partial charge in [-0.1, -0.05) is 24.0 Å². The molecule has 0 bridgehead atoms. The maximum Gasteiger partial charge on any atom is 0.278 e. The largest absolute Gasteiger partial charge is 0.396 e. The minimum Gasteiger partial charge on any atom is -0.396 e. The molecule has 2 rings (SSSR count). The highest BCUT2D eigenvalue weighted by Gasteiger charge is 2.47. The van der Waals surface area contributed by atoms with Crippen LogP contribution in [0.25, 0.3) is 0 Å². The Hall–Kier alpha value is -3.71. The van der Waals surface area contributed by atoms with Crippen LogP contribution < -0.4 is 10.8 Å². The molecular formula is C24H27N3O6. The molecule has 0 fully saturated rings. The van der Waals surface area contributed by atoms with Gasteiger partial charge in [-0.2, -0.15) is 0 Å². The lowest BCUT2D eigenvalue weighted by Crippen LogP contribution is -2.64. The van der Waals surface area contributed by atoms with Crippen LogP contribution in [0.2, 0.25) is 0 Å². The van der Waals surface area contributed by atoms with Gasteiger partial charge in [-0.05, 0) is 48.9 Å². The summed E-state index contributed by atoms with van der Waals surface area (Å²) < 4.78 is 0. The zero-order chi connectivity index (χ0) is 24.6. The standard InChI is InChI=1S/C24H27N3O6/c1-24(22(31)25-2,23(32)26-33)27(3)21(30)19-12-8-17(9-13-19)5-4-16-6-10-18(11-7-16)20(29)14-15-28/h6-13,20,28-29,33H,14-15H2,1-3H3,(H,25,31)(H,26,32)/t20-,24?/m1/s1. The van der Waals surface area contributed by atoms with E-state index in [0.717, 1.165) is 10.5 Å². The molecule has 9 nitrogen and oxygen atoms in total. The summed E-state index contributed by atoms with van der Waals surface area (Å²) in [4.78, 5) is 38.2. The highest BCUT2D eigenvalue weighted by Crippen LogP contribution is 2.19. The molecule has 3 amide bonds. The van der Waals surface area contributed by atoms with Crippen LogP contribution in [-0.4, -0.2) is 64.3 Å². The molecule has 9 heteroatoms. The van der Waals surface area contributed by atoms with E-state index in [1.165, 1.54) is 38.6 Å². The number of nitrogens with zero attached hydrogens (tertiary/aromatic N) is 1. The molecule has 0 saturated heterocycles. The number of aliphatic hydroxyl groups excluding tert-OH is 2. The molecule has 2 aromatic rings. The average Bonchev–Trinajstić information content (AvgIpc) is 2.85. The van der Waals surface area contributed by atoms with Crippen LogP contribution in [0.3, 0.4) is 0 Å². The third kappa shape index (κ3) is 5.75. The molecule has 0 heterocycles. The van der Waals surface area contributed by atoms with E-state index in [0.29, 0.717) is 11.1 Å². The number of aliphatic hydroxyl groups is 2. The fourth-order valence-electron chi connectivity index (χ4n) is 3.07. The van der Waals surface area contributed by atoms with Gasteiger partial charge in [0, 0.05) is 43.8 Å². The highest BCUT2D eigenvalue weighted by molar-refractivity contribution is 6.12. The van der Waals surface area contributed by atoms with E-state index >= 15 is 0 Å². The maximum atomic E-state index is 12.9. The second-order valence-corrected chi connectivity index (χ2v) is 7.43. The van der Waals surface area contributed by atoms with E-state index < -0.39 is 29.4 Å². The second-order valence-electron chi connectivity index (χ2n) is 7.43. The fourth-order valence-corrected chi connectivity index (χ4v) is 3.07. The maximum absolute atomic E-state index is 12.9. The van der Waals surface area contributed by atoms with E-state index in [4.69, 9.17) is 10.3 Å². The summed E-state index contributed by atoms with van der Waals surface area (Å²) in [7, 11) is 2.61. The van der Waals surface area contributed by atoms with Crippen LogP contribution in [0, 0.1) is 11.8 Å². The van der Waals surface area contributed by atoms with Crippen LogP contribution in [0.1, 0.15) is 46.5 Å². The third-order valence-electron chi connectivity index (χ3n) is 5.37. The van der Waals surface area contributed by atoms with E-state index in [1.807, 2.05) is 0 Å². The van der Waals surface area contributed by atoms with Crippen molar-refractivity contribution in [2.24, 2.45) is 0 Å². The minimum absolute atomic E-state index is 0.101. The average molecular weight is 453 g/mol. The smallest absolute Gasteiger partial charge is 0.278 e. The lowest BCUT2D eigenvalue weighted by Gasteiger charge is -2.34. The normalized spacial score (nSPS) is 13.0. The molecule has 0 saturated carbocycles. The van der Waals surface area contributed by atoms with Crippen LogP contribution >= 0.6 is 0 Å². The van der Waals surface area contributed by atoms with Gasteiger partial charge in [-0.25, -0.2) is 5.48 Å². The van der Waals surface area contributed by atoms with E-state index in [1.54, 1.807) is 36.4 Å². The van der Waals surface area contributed by atoms with Gasteiger partial charge in [-0.15, -0.1) is 0 Å². The van der Waals surface area contributed by atoms with Gasteiger partial charge in [0.25, 0.3) is 17.7 Å². The Morgan fingerprint density at radius 1 is 1.00 bits per heavy atom. The Morgan fingerprint density at radius 2 is 1.52 bits per heavy atom. The third-order valence-corrected chi connectivity index (χ3v) is 5.37. The number of amides is 3. The summed E-state index contributed by atoms with van der Waals surface area (Å²) in [6.45, 7) is 1.12. The Kier molecular flexibility index (Phi) is 8.70. The van der Waals surface area contributed by atoms with E-state index in [-0.39, 0.29) is 18.6 Å². The molecule has 174 valence electrons. The molecule has 0 aliphatic rings. The first-order valence-corrected chi connectivity index (χ1v) is 10.1. The molecular weight excluding hydrogens is 426 g/mol. The first kappa shape index (κ1) is 25.5. The van der Waals surface area contributed by atoms with Gasteiger partial charge in [-0.3, -0.25) is 19.6 Å². The molecule has 0 aliphatic heterocycles. The highest BCUT2D eigenvalue weighted by atomic mass is 16.5. The summed E-state index contributed by atoms with van der Waals surface area (Å²) in [6.07, 6.45) is -0.466. The Balaban J connectivity index is 2.18. The van der Waals surface area contributed by atoms with Crippen molar-refractivity contribution in [3.8, 4) is 11.8 Å². The number of hydrogen-bond donors (Lipinski definition) is 5. The molecule has 0 radical (unpaired) electrons. The predicted octanol–water partition coefficient (Wildman–Crippen LogP) is 0.584. The van der Waals surface area contributed by atoms with Crippen molar-refractivity contribution < 1.29 is 29.8 Å². The first-order valence-electron chi connectivity index (χ1n) is 10.1. The number of hydroxylamine groups is 1. The number of carbonyl (C=O) groups excluding carboxylic acids is 3. The van der Waals surface area contributed by atoms with Gasteiger partial charge < -0.3 is 20.4 Å². The van der Waals surface area contributed by atoms with E-state index in [2.05, 4.69) is 17.2 Å². The van der Waals surface area contributed by atoms with Crippen LogP contribution in [-0.2, 0) is 9.59 Å². The van der Waals surface area contributed by atoms with Crippen LogP contribution in [0.5, 0.6) is 0 Å². The van der Waals surface area contributed by atoms with Gasteiger partial charge in [0.15, 0.2) is 5.54 Å². The van der Waals surface area contributed by atoms with Crippen molar-refractivity contribution >= 4 is 17.7 Å². The molecule has 2 aromatic carbocycles. The van der Waals surface area contributed by atoms with Crippen molar-refractivity contribution in [1.29, 1.82) is 0 Å². The zero-order valence-electron chi connectivity index (χ0n) is 18.6. The first-order chi connectivity index (χ1) is 15.7. The van der Waals surface area contributed by atoms with Gasteiger partial charge in [0.1, 0.15) is 0 Å². The summed E-state index contributed by atoms with van der Waals surface area (Å²) >= 11 is 0. The number of rotatable bonds is 7. The lowest BCUT2D eigenvalue weighted by molar-refractivity contribution is -0.148. The molecule has 0 spiro atoms. The van der Waals surface area contributed by atoms with Crippen LogP contribution in [0.4, 0.5) is 0 Å². The zero-order valence-corrected chi connectivity index (χ0v) is 18.6.